The molecular weight excluding hydrogens is 500 g/mol. The summed E-state index contributed by atoms with van der Waals surface area (Å²) >= 11 is 0. The van der Waals surface area contributed by atoms with E-state index in [0.717, 1.165) is 33.6 Å². The van der Waals surface area contributed by atoms with Crippen molar-refractivity contribution in [1.29, 1.82) is 0 Å². The summed E-state index contributed by atoms with van der Waals surface area (Å²) in [5, 5.41) is 16.7. The SMILES string of the molecule is Cc1cccc2cc(Cn3nc(-c4cccc(O)c4)c4c3CN=CN=C4N)n(-c3ccccc3C(C)C)c(=O)c12. The van der Waals surface area contributed by atoms with Crippen LogP contribution in [0.15, 0.2) is 87.6 Å². The Balaban J connectivity index is 1.62. The second-order valence-corrected chi connectivity index (χ2v) is 10.4. The molecule has 8 heteroatoms. The lowest BCUT2D eigenvalue weighted by Gasteiger charge is -2.20. The fourth-order valence-corrected chi connectivity index (χ4v) is 5.51. The van der Waals surface area contributed by atoms with E-state index >= 15 is 0 Å². The second kappa shape index (κ2) is 9.96. The molecule has 0 aliphatic carbocycles. The third-order valence-electron chi connectivity index (χ3n) is 7.40. The molecule has 2 aromatic heterocycles. The Morgan fingerprint density at radius 1 is 1.02 bits per heavy atom. The van der Waals surface area contributed by atoms with Crippen LogP contribution in [0, 0.1) is 6.92 Å². The molecule has 0 atom stereocenters. The molecule has 0 bridgehead atoms. The van der Waals surface area contributed by atoms with E-state index in [0.29, 0.717) is 41.1 Å². The number of aromatic nitrogens is 3. The highest BCUT2D eigenvalue weighted by Crippen LogP contribution is 2.31. The number of aryl methyl sites for hydroxylation is 1. The van der Waals surface area contributed by atoms with Crippen LogP contribution >= 0.6 is 0 Å². The zero-order chi connectivity index (χ0) is 28.0. The van der Waals surface area contributed by atoms with E-state index in [1.807, 2.05) is 58.6 Å². The Morgan fingerprint density at radius 3 is 2.62 bits per heavy atom. The highest BCUT2D eigenvalue weighted by Gasteiger charge is 2.25. The minimum absolute atomic E-state index is 0.0655. The first-order valence-electron chi connectivity index (χ1n) is 13.3. The molecule has 1 aliphatic heterocycles. The number of amidine groups is 1. The monoisotopic (exact) mass is 530 g/mol. The standard InChI is InChI=1S/C32H30N6O2/c1-19(2)25-12-4-5-13-26(25)38-23(14-21-9-6-8-20(3)28(21)32(38)40)17-37-27-16-34-18-35-31(33)29(27)30(36-37)22-10-7-11-24(39)15-22/h4-15,18-19,39H,16-17H2,1-3H3,(H2,33,34,35). The van der Waals surface area contributed by atoms with Crippen LogP contribution in [0.1, 0.15) is 47.8 Å². The Morgan fingerprint density at radius 2 is 1.82 bits per heavy atom. The van der Waals surface area contributed by atoms with Gasteiger partial charge in [-0.15, -0.1) is 0 Å². The van der Waals surface area contributed by atoms with Gasteiger partial charge in [0.2, 0.25) is 0 Å². The Bertz CT molecular complexity index is 1890. The lowest BCUT2D eigenvalue weighted by molar-refractivity contribution is 0.475. The van der Waals surface area contributed by atoms with Crippen molar-refractivity contribution < 1.29 is 5.11 Å². The van der Waals surface area contributed by atoms with Gasteiger partial charge < -0.3 is 10.8 Å². The van der Waals surface area contributed by atoms with E-state index in [-0.39, 0.29) is 17.2 Å². The summed E-state index contributed by atoms with van der Waals surface area (Å²) in [6, 6.07) is 22.9. The molecule has 40 heavy (non-hydrogen) atoms. The van der Waals surface area contributed by atoms with Crippen LogP contribution in [0.5, 0.6) is 5.75 Å². The van der Waals surface area contributed by atoms with Gasteiger partial charge in [0.15, 0.2) is 0 Å². The molecule has 1 aliphatic rings. The van der Waals surface area contributed by atoms with Crippen LogP contribution in [-0.4, -0.2) is 31.6 Å². The van der Waals surface area contributed by atoms with Gasteiger partial charge in [-0.1, -0.05) is 62.4 Å². The number of hydrogen-bond acceptors (Lipinski definition) is 6. The average molecular weight is 531 g/mol. The summed E-state index contributed by atoms with van der Waals surface area (Å²) in [5.41, 5.74) is 12.8. The number of nitrogens with zero attached hydrogens (tertiary/aromatic N) is 5. The Hall–Kier alpha value is -4.98. The van der Waals surface area contributed by atoms with Crippen LogP contribution in [0.25, 0.3) is 27.7 Å². The minimum atomic E-state index is -0.0655. The van der Waals surface area contributed by atoms with Crippen molar-refractivity contribution in [2.45, 2.75) is 39.8 Å². The van der Waals surface area contributed by atoms with Gasteiger partial charge >= 0.3 is 0 Å². The smallest absolute Gasteiger partial charge is 0.263 e. The van der Waals surface area contributed by atoms with E-state index in [1.54, 1.807) is 18.2 Å². The lowest BCUT2D eigenvalue weighted by Crippen LogP contribution is -2.26. The molecule has 5 aromatic rings. The van der Waals surface area contributed by atoms with E-state index in [4.69, 9.17) is 10.8 Å². The maximum atomic E-state index is 14.2. The maximum absolute atomic E-state index is 14.2. The van der Waals surface area contributed by atoms with Crippen LogP contribution in [-0.2, 0) is 13.1 Å². The van der Waals surface area contributed by atoms with Gasteiger partial charge in [0.1, 0.15) is 23.6 Å². The van der Waals surface area contributed by atoms with E-state index in [9.17, 15) is 9.90 Å². The second-order valence-electron chi connectivity index (χ2n) is 10.4. The summed E-state index contributed by atoms with van der Waals surface area (Å²) in [6.45, 7) is 6.85. The number of nitrogens with two attached hydrogens (primary N) is 1. The first kappa shape index (κ1) is 25.3. The molecule has 6 rings (SSSR count). The number of rotatable bonds is 5. The summed E-state index contributed by atoms with van der Waals surface area (Å²) in [6.07, 6.45) is 1.46. The van der Waals surface area contributed by atoms with Crippen molar-refractivity contribution in [3.05, 3.63) is 111 Å². The highest BCUT2D eigenvalue weighted by molar-refractivity contribution is 6.07. The van der Waals surface area contributed by atoms with Crippen molar-refractivity contribution in [3.63, 3.8) is 0 Å². The molecule has 0 saturated heterocycles. The summed E-state index contributed by atoms with van der Waals surface area (Å²) in [7, 11) is 0. The Labute approximate surface area is 231 Å². The molecular formula is C32H30N6O2. The van der Waals surface area contributed by atoms with E-state index in [2.05, 4.69) is 36.0 Å². The minimum Gasteiger partial charge on any atom is -0.508 e. The first-order valence-corrected chi connectivity index (χ1v) is 13.3. The molecule has 0 fully saturated rings. The number of hydrogen-bond donors (Lipinski definition) is 2. The zero-order valence-corrected chi connectivity index (χ0v) is 22.7. The average Bonchev–Trinajstić information content (AvgIpc) is 3.17. The number of aromatic hydroxyl groups is 1. The first-order chi connectivity index (χ1) is 19.3. The molecule has 3 N–H and O–H groups in total. The molecule has 0 amide bonds. The van der Waals surface area contributed by atoms with Crippen molar-refractivity contribution in [1.82, 2.24) is 14.3 Å². The van der Waals surface area contributed by atoms with Gasteiger partial charge in [-0.25, -0.2) is 4.99 Å². The van der Waals surface area contributed by atoms with Crippen molar-refractivity contribution in [3.8, 4) is 22.7 Å². The number of para-hydroxylation sites is 1. The lowest BCUT2D eigenvalue weighted by atomic mass is 10.00. The Kier molecular flexibility index (Phi) is 6.30. The highest BCUT2D eigenvalue weighted by atomic mass is 16.3. The molecule has 0 spiro atoms. The van der Waals surface area contributed by atoms with Crippen molar-refractivity contribution >= 4 is 22.9 Å². The molecule has 0 radical (unpaired) electrons. The molecule has 8 nitrogen and oxygen atoms in total. The molecule has 3 heterocycles. The maximum Gasteiger partial charge on any atom is 0.263 e. The van der Waals surface area contributed by atoms with Gasteiger partial charge in [0.05, 0.1) is 35.4 Å². The number of aliphatic imine (C=N–C) groups is 2. The largest absolute Gasteiger partial charge is 0.508 e. The van der Waals surface area contributed by atoms with Crippen molar-refractivity contribution in [2.24, 2.45) is 15.7 Å². The van der Waals surface area contributed by atoms with Gasteiger partial charge in [-0.3, -0.25) is 19.0 Å². The molecule has 0 unspecified atom stereocenters. The van der Waals surface area contributed by atoms with Gasteiger partial charge in [-0.05, 0) is 53.6 Å². The zero-order valence-electron chi connectivity index (χ0n) is 22.7. The predicted octanol–water partition coefficient (Wildman–Crippen LogP) is 5.29. The molecule has 200 valence electrons. The number of phenols is 1. The van der Waals surface area contributed by atoms with Crippen molar-refractivity contribution in [2.75, 3.05) is 0 Å². The van der Waals surface area contributed by atoms with Gasteiger partial charge in [-0.2, -0.15) is 5.10 Å². The van der Waals surface area contributed by atoms with Crippen LogP contribution in [0.2, 0.25) is 0 Å². The van der Waals surface area contributed by atoms with Crippen LogP contribution < -0.4 is 11.3 Å². The third-order valence-corrected chi connectivity index (χ3v) is 7.40. The van der Waals surface area contributed by atoms with E-state index in [1.165, 1.54) is 6.34 Å². The summed E-state index contributed by atoms with van der Waals surface area (Å²) < 4.78 is 3.68. The quantitative estimate of drug-likeness (QED) is 0.322. The molecule has 3 aromatic carbocycles. The number of pyridine rings is 1. The number of fused-ring (bicyclic) bond motifs is 2. The van der Waals surface area contributed by atoms with E-state index < -0.39 is 0 Å². The van der Waals surface area contributed by atoms with Crippen LogP contribution in [0.4, 0.5) is 0 Å². The fraction of sp³-hybridized carbons (Fsp3) is 0.188. The van der Waals surface area contributed by atoms with Crippen LogP contribution in [0.3, 0.4) is 0 Å². The van der Waals surface area contributed by atoms with Gasteiger partial charge in [0, 0.05) is 11.3 Å². The number of phenolic OH excluding ortho intramolecular Hbond substituents is 1. The summed E-state index contributed by atoms with van der Waals surface area (Å²) in [5.74, 6) is 0.648. The van der Waals surface area contributed by atoms with Gasteiger partial charge in [0.25, 0.3) is 5.56 Å². The predicted molar refractivity (Wildman–Crippen MR) is 160 cm³/mol. The fourth-order valence-electron chi connectivity index (χ4n) is 5.51. The molecule has 0 saturated carbocycles. The normalized spacial score (nSPS) is 12.9. The third kappa shape index (κ3) is 4.27. The topological polar surface area (TPSA) is 111 Å². The summed E-state index contributed by atoms with van der Waals surface area (Å²) in [4.78, 5) is 22.9. The number of benzene rings is 3.